The first kappa shape index (κ1) is 19.7. The van der Waals surface area contributed by atoms with E-state index in [1.807, 2.05) is 0 Å². The number of H-pyrrole nitrogens is 1. The molecule has 0 spiro atoms. The molecule has 2 heterocycles. The van der Waals surface area contributed by atoms with Crippen LogP contribution in [0.2, 0.25) is 0 Å². The predicted molar refractivity (Wildman–Crippen MR) is 96.9 cm³/mol. The van der Waals surface area contributed by atoms with E-state index in [9.17, 15) is 18.0 Å². The number of hydrogen-bond donors (Lipinski definition) is 2. The van der Waals surface area contributed by atoms with Crippen LogP contribution in [0.3, 0.4) is 0 Å². The number of halogens is 3. The van der Waals surface area contributed by atoms with Crippen molar-refractivity contribution in [3.05, 3.63) is 75.9 Å². The smallest absolute Gasteiger partial charge is 0.361 e. The molecule has 8 heteroatoms. The number of aromatic nitrogens is 2. The van der Waals surface area contributed by atoms with Gasteiger partial charge in [0.2, 0.25) is 0 Å². The minimum atomic E-state index is -4.35. The monoisotopic (exact) mass is 391 g/mol. The Morgan fingerprint density at radius 2 is 1.93 bits per heavy atom. The van der Waals surface area contributed by atoms with Gasteiger partial charge in [0, 0.05) is 12.3 Å². The van der Waals surface area contributed by atoms with Crippen LogP contribution in [0.4, 0.5) is 13.2 Å². The van der Waals surface area contributed by atoms with Crippen molar-refractivity contribution in [2.24, 2.45) is 0 Å². The van der Waals surface area contributed by atoms with Crippen LogP contribution < -0.4 is 5.32 Å². The summed E-state index contributed by atoms with van der Waals surface area (Å²) in [4.78, 5) is 15.5. The predicted octanol–water partition coefficient (Wildman–Crippen LogP) is 4.72. The highest BCUT2D eigenvalue weighted by Gasteiger charge is 2.30. The first-order valence-electron chi connectivity index (χ1n) is 8.72. The maximum atomic E-state index is 12.7. The van der Waals surface area contributed by atoms with Crippen molar-refractivity contribution in [3.8, 4) is 0 Å². The number of aromatic amines is 1. The van der Waals surface area contributed by atoms with Gasteiger partial charge in [0.25, 0.3) is 5.91 Å². The summed E-state index contributed by atoms with van der Waals surface area (Å²) in [7, 11) is 0. The second kappa shape index (κ2) is 7.53. The third-order valence-corrected chi connectivity index (χ3v) is 4.59. The Morgan fingerprint density at radius 3 is 2.50 bits per heavy atom. The lowest BCUT2D eigenvalue weighted by Gasteiger charge is -2.11. The molecular formula is C20H20F3N3O2. The molecule has 0 unspecified atom stereocenters. The van der Waals surface area contributed by atoms with E-state index in [1.165, 1.54) is 12.1 Å². The minimum absolute atomic E-state index is 0.288. The number of amides is 1. The van der Waals surface area contributed by atoms with Gasteiger partial charge in [-0.2, -0.15) is 13.2 Å². The number of nitrogens with zero attached hydrogens (tertiary/aromatic N) is 1. The Labute approximate surface area is 159 Å². The summed E-state index contributed by atoms with van der Waals surface area (Å²) in [6.45, 7) is 5.38. The van der Waals surface area contributed by atoms with Gasteiger partial charge in [-0.1, -0.05) is 17.3 Å². The Balaban J connectivity index is 1.70. The number of aryl methyl sites for hydroxylation is 1. The SMILES string of the molecule is Cc1cc([C@@H](C)NC(=O)c2[nH]cc(Cc3ccc(C(F)(F)F)cc3)c2C)no1. The van der Waals surface area contributed by atoms with Crippen molar-refractivity contribution in [2.75, 3.05) is 0 Å². The average molecular weight is 391 g/mol. The molecule has 0 saturated heterocycles. The van der Waals surface area contributed by atoms with Gasteiger partial charge in [-0.25, -0.2) is 0 Å². The van der Waals surface area contributed by atoms with E-state index in [-0.39, 0.29) is 11.9 Å². The van der Waals surface area contributed by atoms with Gasteiger partial charge in [0.15, 0.2) is 0 Å². The maximum absolute atomic E-state index is 12.7. The van der Waals surface area contributed by atoms with Crippen LogP contribution in [0.25, 0.3) is 0 Å². The second-order valence-corrected chi connectivity index (χ2v) is 6.74. The van der Waals surface area contributed by atoms with E-state index >= 15 is 0 Å². The fourth-order valence-corrected chi connectivity index (χ4v) is 2.92. The molecule has 2 aromatic heterocycles. The van der Waals surface area contributed by atoms with Crippen LogP contribution in [0.15, 0.2) is 41.1 Å². The van der Waals surface area contributed by atoms with Crippen LogP contribution in [0.5, 0.6) is 0 Å². The summed E-state index contributed by atoms with van der Waals surface area (Å²) >= 11 is 0. The van der Waals surface area contributed by atoms with Gasteiger partial charge in [-0.15, -0.1) is 0 Å². The number of benzene rings is 1. The fourth-order valence-electron chi connectivity index (χ4n) is 2.92. The van der Waals surface area contributed by atoms with Crippen LogP contribution in [0, 0.1) is 13.8 Å². The Kier molecular flexibility index (Phi) is 5.31. The van der Waals surface area contributed by atoms with Crippen molar-refractivity contribution in [1.82, 2.24) is 15.5 Å². The van der Waals surface area contributed by atoms with Gasteiger partial charge in [-0.05, 0) is 56.0 Å². The van der Waals surface area contributed by atoms with Gasteiger partial charge < -0.3 is 14.8 Å². The molecular weight excluding hydrogens is 371 g/mol. The molecule has 28 heavy (non-hydrogen) atoms. The van der Waals surface area contributed by atoms with Crippen LogP contribution in [-0.2, 0) is 12.6 Å². The fraction of sp³-hybridized carbons (Fsp3) is 0.300. The number of nitrogens with one attached hydrogen (secondary N) is 2. The molecule has 0 aliphatic carbocycles. The summed E-state index contributed by atoms with van der Waals surface area (Å²) in [5, 5.41) is 6.74. The molecule has 1 atom stereocenters. The number of hydrogen-bond acceptors (Lipinski definition) is 3. The summed E-state index contributed by atoms with van der Waals surface area (Å²) in [5.41, 5.74) is 2.68. The molecule has 1 amide bonds. The third kappa shape index (κ3) is 4.27. The Hall–Kier alpha value is -3.03. The molecule has 3 rings (SSSR count). The quantitative estimate of drug-likeness (QED) is 0.661. The number of carbonyl (C=O) groups excluding carboxylic acids is 1. The molecule has 148 valence electrons. The lowest BCUT2D eigenvalue weighted by molar-refractivity contribution is -0.137. The summed E-state index contributed by atoms with van der Waals surface area (Å²) < 4.78 is 43.0. The van der Waals surface area contributed by atoms with E-state index < -0.39 is 11.7 Å². The minimum Gasteiger partial charge on any atom is -0.361 e. The first-order valence-corrected chi connectivity index (χ1v) is 8.72. The molecule has 0 radical (unpaired) electrons. The Morgan fingerprint density at radius 1 is 1.25 bits per heavy atom. The zero-order chi connectivity index (χ0) is 20.5. The molecule has 0 aliphatic rings. The van der Waals surface area contributed by atoms with E-state index in [0.29, 0.717) is 23.6 Å². The van der Waals surface area contributed by atoms with Crippen LogP contribution >= 0.6 is 0 Å². The van der Waals surface area contributed by atoms with Crippen molar-refractivity contribution >= 4 is 5.91 Å². The second-order valence-electron chi connectivity index (χ2n) is 6.74. The molecule has 0 saturated carbocycles. The van der Waals surface area contributed by atoms with Crippen molar-refractivity contribution in [3.63, 3.8) is 0 Å². The van der Waals surface area contributed by atoms with Gasteiger partial charge in [0.1, 0.15) is 17.1 Å². The Bertz CT molecular complexity index is 971. The summed E-state index contributed by atoms with van der Waals surface area (Å²) in [6, 6.07) is 6.45. The lowest BCUT2D eigenvalue weighted by Crippen LogP contribution is -2.27. The standard InChI is InChI=1S/C20H20F3N3O2/c1-11-8-17(26-28-11)13(3)25-19(27)18-12(2)15(10-24-18)9-14-4-6-16(7-5-14)20(21,22)23/h4-8,10,13,24H,9H2,1-3H3,(H,25,27)/t13-/m1/s1. The average Bonchev–Trinajstić information content (AvgIpc) is 3.21. The number of rotatable bonds is 5. The molecule has 5 nitrogen and oxygen atoms in total. The zero-order valence-electron chi connectivity index (χ0n) is 15.6. The molecule has 0 bridgehead atoms. The molecule has 1 aromatic carbocycles. The largest absolute Gasteiger partial charge is 0.416 e. The van der Waals surface area contributed by atoms with Crippen LogP contribution in [0.1, 0.15) is 57.2 Å². The van der Waals surface area contributed by atoms with Crippen molar-refractivity contribution in [1.29, 1.82) is 0 Å². The van der Waals surface area contributed by atoms with Crippen molar-refractivity contribution < 1.29 is 22.5 Å². The van der Waals surface area contributed by atoms with Crippen LogP contribution in [-0.4, -0.2) is 16.0 Å². The molecule has 3 aromatic rings. The van der Waals surface area contributed by atoms with E-state index in [1.54, 1.807) is 33.0 Å². The topological polar surface area (TPSA) is 70.9 Å². The molecule has 0 aliphatic heterocycles. The summed E-state index contributed by atoms with van der Waals surface area (Å²) in [6.07, 6.45) is -2.23. The van der Waals surface area contributed by atoms with E-state index in [0.717, 1.165) is 28.8 Å². The highest BCUT2D eigenvalue weighted by atomic mass is 19.4. The van der Waals surface area contributed by atoms with Gasteiger partial charge in [0.05, 0.1) is 11.6 Å². The lowest BCUT2D eigenvalue weighted by atomic mass is 10.0. The number of carbonyl (C=O) groups is 1. The van der Waals surface area contributed by atoms with Gasteiger partial charge >= 0.3 is 6.18 Å². The van der Waals surface area contributed by atoms with E-state index in [4.69, 9.17) is 4.52 Å². The molecule has 2 N–H and O–H groups in total. The zero-order valence-corrected chi connectivity index (χ0v) is 15.6. The number of alkyl halides is 3. The first-order chi connectivity index (χ1) is 13.1. The van der Waals surface area contributed by atoms with Gasteiger partial charge in [-0.3, -0.25) is 4.79 Å². The highest BCUT2D eigenvalue weighted by Crippen LogP contribution is 2.29. The maximum Gasteiger partial charge on any atom is 0.416 e. The summed E-state index contributed by atoms with van der Waals surface area (Å²) in [5.74, 6) is 0.371. The van der Waals surface area contributed by atoms with E-state index in [2.05, 4.69) is 15.5 Å². The third-order valence-electron chi connectivity index (χ3n) is 4.59. The molecule has 0 fully saturated rings. The highest BCUT2D eigenvalue weighted by molar-refractivity contribution is 5.94. The van der Waals surface area contributed by atoms with Crippen molar-refractivity contribution in [2.45, 2.75) is 39.4 Å². The normalized spacial score (nSPS) is 12.8.